The highest BCUT2D eigenvalue weighted by molar-refractivity contribution is 5.05. The van der Waals surface area contributed by atoms with E-state index in [-0.39, 0.29) is 6.10 Å². The maximum Gasteiger partial charge on any atom is 0.118 e. The number of hydrogen-bond acceptors (Lipinski definition) is 4. The molecule has 1 aliphatic rings. The van der Waals surface area contributed by atoms with Gasteiger partial charge in [-0.05, 0) is 51.7 Å². The topological polar surface area (TPSA) is 45.8 Å². The van der Waals surface area contributed by atoms with Crippen LogP contribution in [0.5, 0.6) is 0 Å². The maximum atomic E-state index is 10.1. The van der Waals surface area contributed by atoms with Gasteiger partial charge in [-0.15, -0.1) is 0 Å². The van der Waals surface area contributed by atoms with Crippen molar-refractivity contribution in [1.82, 2.24) is 4.90 Å². The first-order valence-corrected chi connectivity index (χ1v) is 7.60. The molecule has 0 aliphatic heterocycles. The van der Waals surface area contributed by atoms with Crippen molar-refractivity contribution in [1.29, 1.82) is 0 Å². The third kappa shape index (κ3) is 5.65. The molecule has 114 valence electrons. The molecule has 1 atom stereocenters. The number of nitrogens with zero attached hydrogens (tertiary/aromatic N) is 1. The molecule has 20 heavy (non-hydrogen) atoms. The molecule has 2 rings (SSSR count). The van der Waals surface area contributed by atoms with E-state index >= 15 is 0 Å². The molecule has 1 fully saturated rings. The SMILES string of the molecule is Cc1ccc(CN(CC(O)COC(C)C)CC2CC2)o1. The van der Waals surface area contributed by atoms with Gasteiger partial charge in [0, 0.05) is 13.1 Å². The molecule has 1 aromatic heterocycles. The van der Waals surface area contributed by atoms with Crippen LogP contribution >= 0.6 is 0 Å². The van der Waals surface area contributed by atoms with E-state index in [9.17, 15) is 5.11 Å². The highest BCUT2D eigenvalue weighted by atomic mass is 16.5. The summed E-state index contributed by atoms with van der Waals surface area (Å²) in [6.07, 6.45) is 2.35. The average Bonchev–Trinajstić information content (AvgIpc) is 3.09. The van der Waals surface area contributed by atoms with Gasteiger partial charge < -0.3 is 14.3 Å². The molecular formula is C16H27NO3. The second-order valence-corrected chi connectivity index (χ2v) is 6.19. The zero-order valence-corrected chi connectivity index (χ0v) is 12.8. The van der Waals surface area contributed by atoms with Crippen LogP contribution in [0.25, 0.3) is 0 Å². The molecule has 1 heterocycles. The van der Waals surface area contributed by atoms with E-state index in [1.165, 1.54) is 12.8 Å². The smallest absolute Gasteiger partial charge is 0.118 e. The fraction of sp³-hybridized carbons (Fsp3) is 0.750. The standard InChI is InChI=1S/C16H27NO3/c1-12(2)19-11-15(18)9-17(8-14-5-6-14)10-16-7-4-13(3)20-16/h4,7,12,14-15,18H,5-6,8-11H2,1-3H3. The van der Waals surface area contributed by atoms with Gasteiger partial charge >= 0.3 is 0 Å². The van der Waals surface area contributed by atoms with Crippen LogP contribution in [0, 0.1) is 12.8 Å². The largest absolute Gasteiger partial charge is 0.465 e. The molecule has 0 amide bonds. The Morgan fingerprint density at radius 2 is 2.15 bits per heavy atom. The Morgan fingerprint density at radius 3 is 2.70 bits per heavy atom. The summed E-state index contributed by atoms with van der Waals surface area (Å²) in [6.45, 7) is 8.78. The maximum absolute atomic E-state index is 10.1. The van der Waals surface area contributed by atoms with E-state index in [2.05, 4.69) is 4.90 Å². The van der Waals surface area contributed by atoms with Gasteiger partial charge in [-0.2, -0.15) is 0 Å². The minimum atomic E-state index is -0.438. The van der Waals surface area contributed by atoms with Gasteiger partial charge in [0.1, 0.15) is 11.5 Å². The van der Waals surface area contributed by atoms with Crippen molar-refractivity contribution in [3.8, 4) is 0 Å². The summed E-state index contributed by atoms with van der Waals surface area (Å²) in [6, 6.07) is 4.01. The van der Waals surface area contributed by atoms with Crippen LogP contribution in [-0.2, 0) is 11.3 Å². The van der Waals surface area contributed by atoms with E-state index in [0.29, 0.717) is 13.2 Å². The minimum absolute atomic E-state index is 0.161. The average molecular weight is 281 g/mol. The van der Waals surface area contributed by atoms with Crippen LogP contribution in [0.1, 0.15) is 38.2 Å². The lowest BCUT2D eigenvalue weighted by atomic mass is 10.2. The van der Waals surface area contributed by atoms with Crippen LogP contribution in [-0.4, -0.2) is 41.9 Å². The highest BCUT2D eigenvalue weighted by Gasteiger charge is 2.26. The van der Waals surface area contributed by atoms with Gasteiger partial charge in [-0.25, -0.2) is 0 Å². The Morgan fingerprint density at radius 1 is 1.40 bits per heavy atom. The summed E-state index contributed by atoms with van der Waals surface area (Å²) in [7, 11) is 0. The van der Waals surface area contributed by atoms with Crippen molar-refractivity contribution in [2.75, 3.05) is 19.7 Å². The summed E-state index contributed by atoms with van der Waals surface area (Å²) < 4.78 is 11.1. The van der Waals surface area contributed by atoms with Gasteiger partial charge in [-0.3, -0.25) is 4.90 Å². The number of aryl methyl sites for hydroxylation is 1. The molecule has 4 nitrogen and oxygen atoms in total. The van der Waals surface area contributed by atoms with Gasteiger partial charge in [0.2, 0.25) is 0 Å². The normalized spacial score (nSPS) is 17.1. The zero-order chi connectivity index (χ0) is 14.5. The monoisotopic (exact) mass is 281 g/mol. The summed E-state index contributed by atoms with van der Waals surface area (Å²) in [5.41, 5.74) is 0. The fourth-order valence-corrected chi connectivity index (χ4v) is 2.31. The predicted molar refractivity (Wildman–Crippen MR) is 78.5 cm³/mol. The highest BCUT2D eigenvalue weighted by Crippen LogP contribution is 2.30. The van der Waals surface area contributed by atoms with Gasteiger partial charge in [0.25, 0.3) is 0 Å². The Balaban J connectivity index is 1.82. The molecule has 4 heteroatoms. The van der Waals surface area contributed by atoms with Gasteiger partial charge in [0.05, 0.1) is 25.4 Å². The van der Waals surface area contributed by atoms with Crippen molar-refractivity contribution < 1.29 is 14.3 Å². The predicted octanol–water partition coefficient (Wildman–Crippen LogP) is 2.59. The summed E-state index contributed by atoms with van der Waals surface area (Å²) in [5, 5.41) is 10.1. The molecule has 0 aromatic carbocycles. The van der Waals surface area contributed by atoms with Crippen molar-refractivity contribution in [3.05, 3.63) is 23.7 Å². The number of furan rings is 1. The number of hydrogen-bond donors (Lipinski definition) is 1. The fourth-order valence-electron chi connectivity index (χ4n) is 2.31. The number of aliphatic hydroxyl groups excluding tert-OH is 1. The van der Waals surface area contributed by atoms with Crippen LogP contribution in [0.2, 0.25) is 0 Å². The molecule has 1 N–H and O–H groups in total. The Bertz CT molecular complexity index is 398. The van der Waals surface area contributed by atoms with E-state index in [4.69, 9.17) is 9.15 Å². The Labute approximate surface area is 121 Å². The zero-order valence-electron chi connectivity index (χ0n) is 12.8. The first-order valence-electron chi connectivity index (χ1n) is 7.60. The summed E-state index contributed by atoms with van der Waals surface area (Å²) in [5.74, 6) is 2.71. The van der Waals surface area contributed by atoms with E-state index in [1.807, 2.05) is 32.9 Å². The van der Waals surface area contributed by atoms with Crippen LogP contribution in [0.3, 0.4) is 0 Å². The summed E-state index contributed by atoms with van der Waals surface area (Å²) >= 11 is 0. The molecule has 0 radical (unpaired) electrons. The Hall–Kier alpha value is -0.840. The minimum Gasteiger partial charge on any atom is -0.465 e. The van der Waals surface area contributed by atoms with Crippen LogP contribution < -0.4 is 0 Å². The first kappa shape index (κ1) is 15.5. The quantitative estimate of drug-likeness (QED) is 0.755. The van der Waals surface area contributed by atoms with Crippen molar-refractivity contribution in [2.24, 2.45) is 5.92 Å². The molecule has 1 aliphatic carbocycles. The second-order valence-electron chi connectivity index (χ2n) is 6.19. The first-order chi connectivity index (χ1) is 9.52. The molecule has 1 saturated carbocycles. The lowest BCUT2D eigenvalue weighted by Gasteiger charge is -2.24. The van der Waals surface area contributed by atoms with E-state index < -0.39 is 6.10 Å². The number of aliphatic hydroxyl groups is 1. The third-order valence-corrected chi connectivity index (χ3v) is 3.48. The molecule has 0 bridgehead atoms. The molecular weight excluding hydrogens is 254 g/mol. The molecule has 0 spiro atoms. The molecule has 0 saturated heterocycles. The summed E-state index contributed by atoms with van der Waals surface area (Å²) in [4.78, 5) is 2.28. The van der Waals surface area contributed by atoms with Gasteiger partial charge in [-0.1, -0.05) is 0 Å². The van der Waals surface area contributed by atoms with E-state index in [1.54, 1.807) is 0 Å². The number of rotatable bonds is 9. The molecule has 1 aromatic rings. The Kier molecular flexibility index (Phi) is 5.64. The van der Waals surface area contributed by atoms with E-state index in [0.717, 1.165) is 30.5 Å². The third-order valence-electron chi connectivity index (χ3n) is 3.48. The van der Waals surface area contributed by atoms with Crippen molar-refractivity contribution in [2.45, 2.75) is 52.4 Å². The molecule has 1 unspecified atom stereocenters. The van der Waals surface area contributed by atoms with Gasteiger partial charge in [0.15, 0.2) is 0 Å². The number of ether oxygens (including phenoxy) is 1. The lowest BCUT2D eigenvalue weighted by Crippen LogP contribution is -2.36. The van der Waals surface area contributed by atoms with Crippen molar-refractivity contribution in [3.63, 3.8) is 0 Å². The lowest BCUT2D eigenvalue weighted by molar-refractivity contribution is -0.0108. The second kappa shape index (κ2) is 7.25. The van der Waals surface area contributed by atoms with Crippen LogP contribution in [0.4, 0.5) is 0 Å². The van der Waals surface area contributed by atoms with Crippen molar-refractivity contribution >= 4 is 0 Å². The van der Waals surface area contributed by atoms with Crippen LogP contribution in [0.15, 0.2) is 16.5 Å².